The van der Waals surface area contributed by atoms with Gasteiger partial charge in [-0.25, -0.2) is 0 Å². The van der Waals surface area contributed by atoms with E-state index in [1.807, 2.05) is 55.5 Å². The second kappa shape index (κ2) is 7.61. The SMILES string of the molecule is COC(=O)[C@@H](N)Cc1ccc(OCc2ccccc2)c(C)c1. The Morgan fingerprint density at radius 3 is 2.50 bits per heavy atom. The molecule has 2 rings (SSSR count). The van der Waals surface area contributed by atoms with Crippen LogP contribution in [0.4, 0.5) is 0 Å². The molecule has 0 spiro atoms. The number of carbonyl (C=O) groups excluding carboxylic acids is 1. The average Bonchev–Trinajstić information content (AvgIpc) is 2.54. The lowest BCUT2D eigenvalue weighted by atomic mass is 10.0. The molecule has 4 nitrogen and oxygen atoms in total. The van der Waals surface area contributed by atoms with Gasteiger partial charge in [0.05, 0.1) is 7.11 Å². The molecule has 2 aromatic carbocycles. The lowest BCUT2D eigenvalue weighted by molar-refractivity contribution is -0.142. The molecule has 116 valence electrons. The summed E-state index contributed by atoms with van der Waals surface area (Å²) in [7, 11) is 1.34. The molecule has 0 saturated carbocycles. The van der Waals surface area contributed by atoms with Crippen molar-refractivity contribution in [3.05, 3.63) is 65.2 Å². The summed E-state index contributed by atoms with van der Waals surface area (Å²) in [6, 6.07) is 15.2. The summed E-state index contributed by atoms with van der Waals surface area (Å²) in [6.45, 7) is 2.51. The maximum absolute atomic E-state index is 11.4. The quantitative estimate of drug-likeness (QED) is 0.833. The Morgan fingerprint density at radius 1 is 1.14 bits per heavy atom. The third-order valence-corrected chi connectivity index (χ3v) is 3.44. The molecule has 1 atom stereocenters. The van der Waals surface area contributed by atoms with Gasteiger partial charge in [0.1, 0.15) is 18.4 Å². The van der Waals surface area contributed by atoms with Gasteiger partial charge in [-0.15, -0.1) is 0 Å². The van der Waals surface area contributed by atoms with Gasteiger partial charge < -0.3 is 15.2 Å². The number of benzene rings is 2. The van der Waals surface area contributed by atoms with Gasteiger partial charge in [0, 0.05) is 0 Å². The third-order valence-electron chi connectivity index (χ3n) is 3.44. The summed E-state index contributed by atoms with van der Waals surface area (Å²) >= 11 is 0. The smallest absolute Gasteiger partial charge is 0.322 e. The zero-order valence-corrected chi connectivity index (χ0v) is 12.9. The number of esters is 1. The van der Waals surface area contributed by atoms with Gasteiger partial charge in [0.15, 0.2) is 0 Å². The van der Waals surface area contributed by atoms with Crippen LogP contribution in [0.1, 0.15) is 16.7 Å². The minimum Gasteiger partial charge on any atom is -0.489 e. The Morgan fingerprint density at radius 2 is 1.86 bits per heavy atom. The molecule has 4 heteroatoms. The fraction of sp³-hybridized carbons (Fsp3) is 0.278. The normalized spacial score (nSPS) is 11.8. The fourth-order valence-corrected chi connectivity index (χ4v) is 2.22. The van der Waals surface area contributed by atoms with Crippen molar-refractivity contribution >= 4 is 5.97 Å². The van der Waals surface area contributed by atoms with Crippen LogP contribution in [-0.4, -0.2) is 19.1 Å². The van der Waals surface area contributed by atoms with Gasteiger partial charge >= 0.3 is 5.97 Å². The molecule has 0 aromatic heterocycles. The summed E-state index contributed by atoms with van der Waals surface area (Å²) in [6.07, 6.45) is 0.451. The van der Waals surface area contributed by atoms with E-state index in [-0.39, 0.29) is 0 Å². The minimum absolute atomic E-state index is 0.401. The predicted octanol–water partition coefficient (Wildman–Crippen LogP) is 2.62. The first-order chi connectivity index (χ1) is 10.6. The zero-order chi connectivity index (χ0) is 15.9. The Bertz CT molecular complexity index is 625. The number of methoxy groups -OCH3 is 1. The molecule has 0 bridgehead atoms. The van der Waals surface area contributed by atoms with E-state index in [0.717, 1.165) is 22.4 Å². The monoisotopic (exact) mass is 299 g/mol. The molecular formula is C18H21NO3. The molecule has 2 aromatic rings. The number of aryl methyl sites for hydroxylation is 1. The highest BCUT2D eigenvalue weighted by Crippen LogP contribution is 2.21. The Labute approximate surface area is 130 Å². The molecular weight excluding hydrogens is 278 g/mol. The lowest BCUT2D eigenvalue weighted by Gasteiger charge is -2.13. The number of hydrogen-bond acceptors (Lipinski definition) is 4. The number of nitrogens with two attached hydrogens (primary N) is 1. The van der Waals surface area contributed by atoms with E-state index in [4.69, 9.17) is 10.5 Å². The van der Waals surface area contributed by atoms with E-state index in [0.29, 0.717) is 13.0 Å². The van der Waals surface area contributed by atoms with Gasteiger partial charge in [-0.1, -0.05) is 42.5 Å². The molecule has 0 aliphatic heterocycles. The molecule has 22 heavy (non-hydrogen) atoms. The minimum atomic E-state index is -0.638. The second-order valence-corrected chi connectivity index (χ2v) is 5.21. The molecule has 0 radical (unpaired) electrons. The summed E-state index contributed by atoms with van der Waals surface area (Å²) in [5, 5.41) is 0. The fourth-order valence-electron chi connectivity index (χ4n) is 2.22. The highest BCUT2D eigenvalue weighted by molar-refractivity contribution is 5.75. The van der Waals surface area contributed by atoms with Crippen LogP contribution in [0.3, 0.4) is 0 Å². The van der Waals surface area contributed by atoms with Crippen LogP contribution in [0.15, 0.2) is 48.5 Å². The molecule has 0 unspecified atom stereocenters. The zero-order valence-electron chi connectivity index (χ0n) is 12.9. The molecule has 0 aliphatic rings. The predicted molar refractivity (Wildman–Crippen MR) is 85.6 cm³/mol. The highest BCUT2D eigenvalue weighted by Gasteiger charge is 2.14. The first kappa shape index (κ1) is 16.0. The summed E-state index contributed by atoms with van der Waals surface area (Å²) in [4.78, 5) is 11.4. The van der Waals surface area contributed by atoms with Gasteiger partial charge in [0.2, 0.25) is 0 Å². The Kier molecular flexibility index (Phi) is 5.55. The second-order valence-electron chi connectivity index (χ2n) is 5.21. The highest BCUT2D eigenvalue weighted by atomic mass is 16.5. The summed E-state index contributed by atoms with van der Waals surface area (Å²) in [5.41, 5.74) is 8.91. The maximum Gasteiger partial charge on any atom is 0.322 e. The van der Waals surface area contributed by atoms with Crippen molar-refractivity contribution in [1.82, 2.24) is 0 Å². The van der Waals surface area contributed by atoms with Gasteiger partial charge in [-0.3, -0.25) is 4.79 Å². The molecule has 0 saturated heterocycles. The van der Waals surface area contributed by atoms with Crippen LogP contribution in [0.25, 0.3) is 0 Å². The van der Waals surface area contributed by atoms with Crippen LogP contribution in [0.2, 0.25) is 0 Å². The topological polar surface area (TPSA) is 61.5 Å². The van der Waals surface area contributed by atoms with Crippen molar-refractivity contribution in [3.63, 3.8) is 0 Å². The number of hydrogen-bond donors (Lipinski definition) is 1. The van der Waals surface area contributed by atoms with Crippen molar-refractivity contribution < 1.29 is 14.3 Å². The molecule has 0 fully saturated rings. The van der Waals surface area contributed by atoms with Crippen LogP contribution in [0, 0.1) is 6.92 Å². The van der Waals surface area contributed by atoms with Crippen molar-refractivity contribution in [3.8, 4) is 5.75 Å². The largest absolute Gasteiger partial charge is 0.489 e. The lowest BCUT2D eigenvalue weighted by Crippen LogP contribution is -2.33. The van der Waals surface area contributed by atoms with Gasteiger partial charge in [-0.05, 0) is 36.1 Å². The first-order valence-electron chi connectivity index (χ1n) is 7.20. The van der Waals surface area contributed by atoms with Gasteiger partial charge in [0.25, 0.3) is 0 Å². The van der Waals surface area contributed by atoms with Crippen LogP contribution < -0.4 is 10.5 Å². The summed E-state index contributed by atoms with van der Waals surface area (Å²) < 4.78 is 10.5. The molecule has 2 N–H and O–H groups in total. The number of carbonyl (C=O) groups is 1. The van der Waals surface area contributed by atoms with E-state index >= 15 is 0 Å². The van der Waals surface area contributed by atoms with Crippen LogP contribution in [-0.2, 0) is 22.6 Å². The number of rotatable bonds is 6. The van der Waals surface area contributed by atoms with E-state index < -0.39 is 12.0 Å². The van der Waals surface area contributed by atoms with Crippen molar-refractivity contribution in [2.24, 2.45) is 5.73 Å². The van der Waals surface area contributed by atoms with Gasteiger partial charge in [-0.2, -0.15) is 0 Å². The average molecular weight is 299 g/mol. The van der Waals surface area contributed by atoms with Crippen LogP contribution in [0.5, 0.6) is 5.75 Å². The summed E-state index contributed by atoms with van der Waals surface area (Å²) in [5.74, 6) is 0.432. The Balaban J connectivity index is 1.99. The molecule has 0 amide bonds. The Hall–Kier alpha value is -2.33. The van der Waals surface area contributed by atoms with E-state index in [2.05, 4.69) is 4.74 Å². The third kappa shape index (κ3) is 4.33. The van der Waals surface area contributed by atoms with Crippen LogP contribution >= 0.6 is 0 Å². The van der Waals surface area contributed by atoms with Crippen molar-refractivity contribution in [2.45, 2.75) is 26.0 Å². The van der Waals surface area contributed by atoms with Crippen molar-refractivity contribution in [2.75, 3.05) is 7.11 Å². The van der Waals surface area contributed by atoms with E-state index in [1.54, 1.807) is 0 Å². The molecule has 0 aliphatic carbocycles. The van der Waals surface area contributed by atoms with Crippen molar-refractivity contribution in [1.29, 1.82) is 0 Å². The molecule has 0 heterocycles. The maximum atomic E-state index is 11.4. The number of ether oxygens (including phenoxy) is 2. The van der Waals surface area contributed by atoms with E-state index in [1.165, 1.54) is 7.11 Å². The first-order valence-corrected chi connectivity index (χ1v) is 7.20. The van der Waals surface area contributed by atoms with E-state index in [9.17, 15) is 4.79 Å². The standard InChI is InChI=1S/C18H21NO3/c1-13-10-15(11-16(19)18(20)21-2)8-9-17(13)22-12-14-6-4-3-5-7-14/h3-10,16H,11-12,19H2,1-2H3/t16-/m0/s1.